The average molecular weight is 687 g/mol. The molecular formula is C37H62N6O6. The summed E-state index contributed by atoms with van der Waals surface area (Å²) in [5.41, 5.74) is 4.57. The van der Waals surface area contributed by atoms with E-state index < -0.39 is 59.1 Å². The van der Waals surface area contributed by atoms with Gasteiger partial charge in [0.25, 0.3) is 5.91 Å². The van der Waals surface area contributed by atoms with Crippen LogP contribution >= 0.6 is 0 Å². The third-order valence-corrected chi connectivity index (χ3v) is 11.7. The van der Waals surface area contributed by atoms with Crippen LogP contribution in [-0.4, -0.2) is 89.0 Å². The minimum Gasteiger partial charge on any atom is -0.363 e. The first-order valence-electron chi connectivity index (χ1n) is 18.6. The molecule has 6 amide bonds. The van der Waals surface area contributed by atoms with Gasteiger partial charge < -0.3 is 31.5 Å². The Morgan fingerprint density at radius 3 is 2.10 bits per heavy atom. The first-order valence-corrected chi connectivity index (χ1v) is 18.6. The third kappa shape index (κ3) is 9.14. The number of ketones is 1. The largest absolute Gasteiger partial charge is 0.363 e. The van der Waals surface area contributed by atoms with Crippen molar-refractivity contribution in [3.05, 3.63) is 0 Å². The lowest BCUT2D eigenvalue weighted by molar-refractivity contribution is -0.144. The van der Waals surface area contributed by atoms with E-state index in [1.54, 1.807) is 16.8 Å². The van der Waals surface area contributed by atoms with Crippen LogP contribution < -0.4 is 21.7 Å². The van der Waals surface area contributed by atoms with Crippen LogP contribution in [0.3, 0.4) is 0 Å². The zero-order valence-electron chi connectivity index (χ0n) is 31.1. The first kappa shape index (κ1) is 38.6. The van der Waals surface area contributed by atoms with Crippen molar-refractivity contribution in [3.63, 3.8) is 0 Å². The molecule has 3 saturated carbocycles. The predicted molar refractivity (Wildman–Crippen MR) is 187 cm³/mol. The summed E-state index contributed by atoms with van der Waals surface area (Å²) in [4.78, 5) is 83.3. The number of unbranched alkanes of at least 4 members (excludes halogenated alkanes) is 2. The number of nitrogens with one attached hydrogen (secondary N) is 3. The molecule has 2 unspecified atom stereocenters. The number of likely N-dealkylation sites (N-methyl/N-ethyl adjacent to an activating group) is 1. The molecule has 5 N–H and O–H groups in total. The summed E-state index contributed by atoms with van der Waals surface area (Å²) in [5, 5.41) is 8.51. The number of nitrogens with two attached hydrogens (primary N) is 1. The predicted octanol–water partition coefficient (Wildman–Crippen LogP) is 3.51. The van der Waals surface area contributed by atoms with Gasteiger partial charge in [-0.05, 0) is 60.2 Å². The molecule has 6 atom stereocenters. The van der Waals surface area contributed by atoms with Crippen molar-refractivity contribution < 1.29 is 28.8 Å². The highest BCUT2D eigenvalue weighted by atomic mass is 16.2. The van der Waals surface area contributed by atoms with E-state index in [9.17, 15) is 28.8 Å². The van der Waals surface area contributed by atoms with Crippen molar-refractivity contribution in [2.45, 2.75) is 149 Å². The molecule has 0 spiro atoms. The molecule has 4 rings (SSSR count). The Morgan fingerprint density at radius 2 is 1.59 bits per heavy atom. The number of hydrogen-bond donors (Lipinski definition) is 4. The first-order chi connectivity index (χ1) is 22.8. The summed E-state index contributed by atoms with van der Waals surface area (Å²) in [6, 6.07) is -4.13. The fourth-order valence-corrected chi connectivity index (χ4v) is 8.09. The van der Waals surface area contributed by atoms with Crippen LogP contribution in [0.1, 0.15) is 119 Å². The van der Waals surface area contributed by atoms with Gasteiger partial charge >= 0.3 is 6.03 Å². The smallest absolute Gasteiger partial charge is 0.316 e. The molecule has 1 saturated heterocycles. The van der Waals surface area contributed by atoms with Crippen molar-refractivity contribution in [2.24, 2.45) is 40.2 Å². The minimum atomic E-state index is -1.09. The van der Waals surface area contributed by atoms with E-state index in [1.165, 1.54) is 19.3 Å². The number of amides is 6. The maximum Gasteiger partial charge on any atom is 0.316 e. The summed E-state index contributed by atoms with van der Waals surface area (Å²) >= 11 is 0. The molecule has 0 aromatic carbocycles. The van der Waals surface area contributed by atoms with E-state index in [0.29, 0.717) is 19.4 Å². The van der Waals surface area contributed by atoms with Crippen LogP contribution in [-0.2, 0) is 24.0 Å². The SMILES string of the molecule is CC(C)[C@H](NC(=O)N[C@H](C(=O)N1C[C@H]2[C@H](CC2(C)C)C1C(=O)NC(CCCCCC1CCC1)C(=O)C(N)=O)C(C)(C)C)C(=O)N(C)C1CC1. The van der Waals surface area contributed by atoms with Gasteiger partial charge in [-0.25, -0.2) is 4.79 Å². The second-order valence-electron chi connectivity index (χ2n) is 17.4. The Kier molecular flexibility index (Phi) is 12.1. The fraction of sp³-hybridized carbons (Fsp3) is 0.838. The summed E-state index contributed by atoms with van der Waals surface area (Å²) < 4.78 is 0. The van der Waals surface area contributed by atoms with E-state index in [0.717, 1.165) is 44.4 Å². The van der Waals surface area contributed by atoms with Crippen molar-refractivity contribution >= 4 is 35.4 Å². The second-order valence-corrected chi connectivity index (χ2v) is 17.4. The summed E-state index contributed by atoms with van der Waals surface area (Å²) in [6.07, 6.45) is 10.5. The molecule has 49 heavy (non-hydrogen) atoms. The highest BCUT2D eigenvalue weighted by Crippen LogP contribution is 2.57. The van der Waals surface area contributed by atoms with Gasteiger partial charge in [-0.1, -0.05) is 93.4 Å². The van der Waals surface area contributed by atoms with E-state index in [2.05, 4.69) is 29.8 Å². The van der Waals surface area contributed by atoms with Gasteiger partial charge in [0.15, 0.2) is 0 Å². The van der Waals surface area contributed by atoms with Gasteiger partial charge in [-0.2, -0.15) is 0 Å². The quantitative estimate of drug-likeness (QED) is 0.143. The van der Waals surface area contributed by atoms with Gasteiger partial charge in [-0.3, -0.25) is 24.0 Å². The molecule has 1 heterocycles. The van der Waals surface area contributed by atoms with E-state index >= 15 is 0 Å². The lowest BCUT2D eigenvalue weighted by Gasteiger charge is -2.48. The van der Waals surface area contributed by atoms with Crippen LogP contribution in [0.4, 0.5) is 4.79 Å². The molecule has 12 heteroatoms. The topological polar surface area (TPSA) is 171 Å². The number of primary amides is 1. The van der Waals surface area contributed by atoms with E-state index in [1.807, 2.05) is 34.6 Å². The van der Waals surface area contributed by atoms with Crippen molar-refractivity contribution in [2.75, 3.05) is 13.6 Å². The van der Waals surface area contributed by atoms with E-state index in [4.69, 9.17) is 5.73 Å². The van der Waals surface area contributed by atoms with Crippen LogP contribution in [0, 0.1) is 34.5 Å². The zero-order valence-corrected chi connectivity index (χ0v) is 31.1. The van der Waals surface area contributed by atoms with E-state index in [-0.39, 0.29) is 35.1 Å². The Labute approximate surface area is 292 Å². The number of carbonyl (C=O) groups excluding carboxylic acids is 6. The van der Waals surface area contributed by atoms with Gasteiger partial charge in [0.05, 0.1) is 6.04 Å². The standard InChI is InChI=1S/C37H62N6O6/c1-21(2)27(33(47)42(8)23-17-18-23)40-35(49)41-30(36(3,4)5)34(48)43-20-25-24(19-37(25,6)7)28(43)32(46)39-26(29(44)31(38)45)16-11-9-10-13-22-14-12-15-22/h21-28,30H,9-20H2,1-8H3,(H2,38,45)(H,39,46)(H2,40,41,49)/t24-,25-,26?,27-,28?,30+/m0/s1. The Balaban J connectivity index is 1.48. The summed E-state index contributed by atoms with van der Waals surface area (Å²) in [7, 11) is 1.75. The van der Waals surface area contributed by atoms with Crippen molar-refractivity contribution in [1.82, 2.24) is 25.8 Å². The Morgan fingerprint density at radius 1 is 0.939 bits per heavy atom. The number of carbonyl (C=O) groups is 6. The van der Waals surface area contributed by atoms with Gasteiger partial charge in [-0.15, -0.1) is 0 Å². The molecule has 1 aliphatic heterocycles. The van der Waals surface area contributed by atoms with Crippen LogP contribution in [0.15, 0.2) is 0 Å². The Bertz CT molecular complexity index is 1270. The third-order valence-electron chi connectivity index (χ3n) is 11.7. The maximum absolute atomic E-state index is 14.5. The zero-order chi connectivity index (χ0) is 36.4. The molecule has 276 valence electrons. The van der Waals surface area contributed by atoms with Crippen molar-refractivity contribution in [3.8, 4) is 0 Å². The number of hydrogen-bond acceptors (Lipinski definition) is 6. The number of Topliss-reactive ketones (excluding diaryl/α,β-unsaturated/α-hetero) is 1. The number of urea groups is 1. The molecule has 0 radical (unpaired) electrons. The second kappa shape index (κ2) is 15.4. The monoisotopic (exact) mass is 686 g/mol. The molecule has 0 aromatic rings. The molecule has 3 aliphatic carbocycles. The fourth-order valence-electron chi connectivity index (χ4n) is 8.09. The van der Waals surface area contributed by atoms with Crippen molar-refractivity contribution in [1.29, 1.82) is 0 Å². The Hall–Kier alpha value is -3.18. The number of nitrogens with zero attached hydrogens (tertiary/aromatic N) is 2. The molecule has 4 fully saturated rings. The van der Waals surface area contributed by atoms with Crippen LogP contribution in [0.2, 0.25) is 0 Å². The molecule has 0 bridgehead atoms. The highest BCUT2D eigenvalue weighted by Gasteiger charge is 2.61. The number of likely N-dealkylation sites (tertiary alicyclic amines) is 1. The number of fused-ring (bicyclic) bond motifs is 1. The average Bonchev–Trinajstić information content (AvgIpc) is 3.78. The van der Waals surface area contributed by atoms with Crippen LogP contribution in [0.5, 0.6) is 0 Å². The van der Waals surface area contributed by atoms with Gasteiger partial charge in [0.1, 0.15) is 18.1 Å². The van der Waals surface area contributed by atoms with Crippen LogP contribution in [0.25, 0.3) is 0 Å². The normalized spacial score (nSPS) is 24.8. The molecule has 4 aliphatic rings. The van der Waals surface area contributed by atoms with Gasteiger partial charge in [0, 0.05) is 19.6 Å². The molecular weight excluding hydrogens is 624 g/mol. The summed E-state index contributed by atoms with van der Waals surface area (Å²) in [5.74, 6) is -2.42. The molecule has 0 aromatic heterocycles. The minimum absolute atomic E-state index is 0.0550. The van der Waals surface area contributed by atoms with Gasteiger partial charge in [0.2, 0.25) is 23.5 Å². The maximum atomic E-state index is 14.5. The lowest BCUT2D eigenvalue weighted by atomic mass is 9.55. The molecule has 12 nitrogen and oxygen atoms in total. The highest BCUT2D eigenvalue weighted by molar-refractivity contribution is 6.37. The summed E-state index contributed by atoms with van der Waals surface area (Å²) in [6.45, 7) is 13.8. The lowest BCUT2D eigenvalue weighted by Crippen LogP contribution is -2.62. The number of rotatable bonds is 16.